The Bertz CT molecular complexity index is 205. The Labute approximate surface area is 99.2 Å². The predicted octanol–water partition coefficient (Wildman–Crippen LogP) is 1.37. The molecular formula is C12H26N2O2. The fourth-order valence-electron chi connectivity index (χ4n) is 1.58. The van der Waals surface area contributed by atoms with E-state index in [-0.39, 0.29) is 5.92 Å². The van der Waals surface area contributed by atoms with Gasteiger partial charge in [0.15, 0.2) is 0 Å². The van der Waals surface area contributed by atoms with Crippen LogP contribution in [0.5, 0.6) is 0 Å². The fraction of sp³-hybridized carbons (Fsp3) is 0.917. The van der Waals surface area contributed by atoms with Gasteiger partial charge < -0.3 is 14.9 Å². The van der Waals surface area contributed by atoms with Gasteiger partial charge in [0.1, 0.15) is 0 Å². The number of carbonyl (C=O) groups is 1. The molecule has 4 heteroatoms. The molecule has 0 aromatic rings. The van der Waals surface area contributed by atoms with Gasteiger partial charge in [-0.1, -0.05) is 6.92 Å². The minimum Gasteiger partial charge on any atom is -0.481 e. The first-order chi connectivity index (χ1) is 7.34. The molecule has 0 aliphatic carbocycles. The summed E-state index contributed by atoms with van der Waals surface area (Å²) in [5, 5.41) is 8.89. The van der Waals surface area contributed by atoms with E-state index >= 15 is 0 Å². The number of hydrogen-bond acceptors (Lipinski definition) is 3. The summed E-state index contributed by atoms with van der Waals surface area (Å²) in [5.74, 6) is -1.000. The zero-order chi connectivity index (χ0) is 12.7. The van der Waals surface area contributed by atoms with E-state index in [2.05, 4.69) is 37.7 Å². The van der Waals surface area contributed by atoms with Crippen LogP contribution in [0, 0.1) is 5.92 Å². The SMILES string of the molecule is CC(CN(CCCN(C)C)C(C)C)C(=O)O. The van der Waals surface area contributed by atoms with Crippen molar-refractivity contribution >= 4 is 5.97 Å². The highest BCUT2D eigenvalue weighted by molar-refractivity contribution is 5.69. The minimum atomic E-state index is -0.710. The molecule has 4 nitrogen and oxygen atoms in total. The van der Waals surface area contributed by atoms with E-state index in [0.29, 0.717) is 12.6 Å². The Morgan fingerprint density at radius 3 is 2.12 bits per heavy atom. The molecule has 0 aromatic carbocycles. The first kappa shape index (κ1) is 15.4. The van der Waals surface area contributed by atoms with Crippen molar-refractivity contribution in [1.82, 2.24) is 9.80 Å². The third kappa shape index (κ3) is 6.80. The zero-order valence-corrected chi connectivity index (χ0v) is 11.2. The van der Waals surface area contributed by atoms with Gasteiger partial charge in [0.2, 0.25) is 0 Å². The largest absolute Gasteiger partial charge is 0.481 e. The lowest BCUT2D eigenvalue weighted by Gasteiger charge is -2.28. The van der Waals surface area contributed by atoms with E-state index in [0.717, 1.165) is 19.5 Å². The van der Waals surface area contributed by atoms with Crippen molar-refractivity contribution in [1.29, 1.82) is 0 Å². The molecule has 1 N–H and O–H groups in total. The summed E-state index contributed by atoms with van der Waals surface area (Å²) in [5.41, 5.74) is 0. The zero-order valence-electron chi connectivity index (χ0n) is 11.2. The fourth-order valence-corrected chi connectivity index (χ4v) is 1.58. The number of carboxylic acids is 1. The predicted molar refractivity (Wildman–Crippen MR) is 66.7 cm³/mol. The van der Waals surface area contributed by atoms with Crippen LogP contribution >= 0.6 is 0 Å². The summed E-state index contributed by atoms with van der Waals surface area (Å²) in [7, 11) is 4.11. The summed E-state index contributed by atoms with van der Waals surface area (Å²) in [6.45, 7) is 8.65. The van der Waals surface area contributed by atoms with Crippen LogP contribution < -0.4 is 0 Å². The third-order valence-corrected chi connectivity index (χ3v) is 2.71. The van der Waals surface area contributed by atoms with Gasteiger partial charge in [-0.2, -0.15) is 0 Å². The van der Waals surface area contributed by atoms with Gasteiger partial charge >= 0.3 is 5.97 Å². The third-order valence-electron chi connectivity index (χ3n) is 2.71. The topological polar surface area (TPSA) is 43.8 Å². The Hall–Kier alpha value is -0.610. The number of aliphatic carboxylic acids is 1. The molecule has 16 heavy (non-hydrogen) atoms. The van der Waals surface area contributed by atoms with Gasteiger partial charge in [0.25, 0.3) is 0 Å². The van der Waals surface area contributed by atoms with Gasteiger partial charge in [-0.15, -0.1) is 0 Å². The number of rotatable bonds is 8. The Morgan fingerprint density at radius 2 is 1.75 bits per heavy atom. The maximum absolute atomic E-state index is 10.8. The normalized spacial score (nSPS) is 13.8. The molecule has 0 aliphatic rings. The van der Waals surface area contributed by atoms with Crippen LogP contribution in [0.2, 0.25) is 0 Å². The van der Waals surface area contributed by atoms with Gasteiger partial charge in [0.05, 0.1) is 5.92 Å². The molecule has 1 atom stereocenters. The number of nitrogens with zero attached hydrogens (tertiary/aromatic N) is 2. The molecular weight excluding hydrogens is 204 g/mol. The highest BCUT2D eigenvalue weighted by Crippen LogP contribution is 2.06. The van der Waals surface area contributed by atoms with Crippen molar-refractivity contribution in [2.75, 3.05) is 33.7 Å². The molecule has 0 aliphatic heterocycles. The molecule has 0 radical (unpaired) electrons. The van der Waals surface area contributed by atoms with E-state index in [1.54, 1.807) is 6.92 Å². The standard InChI is InChI=1S/C12H26N2O2/c1-10(2)14(8-6-7-13(4)5)9-11(3)12(15)16/h10-11H,6-9H2,1-5H3,(H,15,16). The first-order valence-corrected chi connectivity index (χ1v) is 5.96. The van der Waals surface area contributed by atoms with Crippen molar-refractivity contribution < 1.29 is 9.90 Å². The second-order valence-corrected chi connectivity index (χ2v) is 4.98. The maximum Gasteiger partial charge on any atom is 0.307 e. The van der Waals surface area contributed by atoms with Gasteiger partial charge in [0, 0.05) is 12.6 Å². The minimum absolute atomic E-state index is 0.290. The van der Waals surface area contributed by atoms with E-state index < -0.39 is 5.97 Å². The quantitative estimate of drug-likeness (QED) is 0.684. The Kier molecular flexibility index (Phi) is 7.34. The van der Waals surface area contributed by atoms with Crippen molar-refractivity contribution in [3.63, 3.8) is 0 Å². The summed E-state index contributed by atoms with van der Waals surface area (Å²) in [6.07, 6.45) is 1.08. The van der Waals surface area contributed by atoms with E-state index in [9.17, 15) is 4.79 Å². The number of hydrogen-bond donors (Lipinski definition) is 1. The monoisotopic (exact) mass is 230 g/mol. The molecule has 96 valence electrons. The van der Waals surface area contributed by atoms with Gasteiger partial charge in [-0.05, 0) is 47.5 Å². The van der Waals surface area contributed by atoms with E-state index in [1.807, 2.05) is 0 Å². The summed E-state index contributed by atoms with van der Waals surface area (Å²) in [6, 6.07) is 0.406. The van der Waals surface area contributed by atoms with Gasteiger partial charge in [-0.3, -0.25) is 4.79 Å². The summed E-state index contributed by atoms with van der Waals surface area (Å²) in [4.78, 5) is 15.2. The van der Waals surface area contributed by atoms with Crippen molar-refractivity contribution in [2.45, 2.75) is 33.2 Å². The summed E-state index contributed by atoms with van der Waals surface area (Å²) >= 11 is 0. The molecule has 0 aromatic heterocycles. The van der Waals surface area contributed by atoms with Crippen LogP contribution in [-0.4, -0.2) is 60.6 Å². The van der Waals surface area contributed by atoms with Crippen LogP contribution in [0.4, 0.5) is 0 Å². The van der Waals surface area contributed by atoms with Crippen LogP contribution in [0.3, 0.4) is 0 Å². The Morgan fingerprint density at radius 1 is 1.19 bits per heavy atom. The van der Waals surface area contributed by atoms with Crippen molar-refractivity contribution in [2.24, 2.45) is 5.92 Å². The van der Waals surface area contributed by atoms with Crippen molar-refractivity contribution in [3.8, 4) is 0 Å². The maximum atomic E-state index is 10.8. The van der Waals surface area contributed by atoms with Crippen LogP contribution in [0.15, 0.2) is 0 Å². The average molecular weight is 230 g/mol. The first-order valence-electron chi connectivity index (χ1n) is 5.96. The molecule has 0 saturated carbocycles. The van der Waals surface area contributed by atoms with Gasteiger partial charge in [-0.25, -0.2) is 0 Å². The van der Waals surface area contributed by atoms with Crippen molar-refractivity contribution in [3.05, 3.63) is 0 Å². The average Bonchev–Trinajstić information content (AvgIpc) is 2.14. The van der Waals surface area contributed by atoms with Crippen LogP contribution in [-0.2, 0) is 4.79 Å². The molecule has 0 bridgehead atoms. The molecule has 0 spiro atoms. The molecule has 0 heterocycles. The molecule has 0 fully saturated rings. The van der Waals surface area contributed by atoms with E-state index in [4.69, 9.17) is 5.11 Å². The van der Waals surface area contributed by atoms with Crippen LogP contribution in [0.25, 0.3) is 0 Å². The Balaban J connectivity index is 4.03. The summed E-state index contributed by atoms with van der Waals surface area (Å²) < 4.78 is 0. The molecule has 0 amide bonds. The highest BCUT2D eigenvalue weighted by atomic mass is 16.4. The molecule has 0 rings (SSSR count). The van der Waals surface area contributed by atoms with Crippen LogP contribution in [0.1, 0.15) is 27.2 Å². The second kappa shape index (κ2) is 7.63. The smallest absolute Gasteiger partial charge is 0.307 e. The lowest BCUT2D eigenvalue weighted by atomic mass is 10.1. The molecule has 1 unspecified atom stereocenters. The second-order valence-electron chi connectivity index (χ2n) is 4.98. The lowest BCUT2D eigenvalue weighted by molar-refractivity contribution is -0.141. The van der Waals surface area contributed by atoms with E-state index in [1.165, 1.54) is 0 Å². The molecule has 0 saturated heterocycles. The lowest BCUT2D eigenvalue weighted by Crippen LogP contribution is -2.38. The number of carboxylic acid groups (broad SMARTS) is 1. The highest BCUT2D eigenvalue weighted by Gasteiger charge is 2.17.